The van der Waals surface area contributed by atoms with Crippen molar-refractivity contribution in [3.8, 4) is 0 Å². The number of hydrogen-bond donors (Lipinski definition) is 1. The molecule has 0 spiro atoms. The number of halogens is 1. The summed E-state index contributed by atoms with van der Waals surface area (Å²) in [7, 11) is -3.73. The van der Waals surface area contributed by atoms with Gasteiger partial charge in [-0.1, -0.05) is 31.0 Å². The zero-order valence-corrected chi connectivity index (χ0v) is 17.2. The molecular weight excluding hydrogens is 392 g/mol. The molecule has 0 radical (unpaired) electrons. The molecule has 0 bridgehead atoms. The van der Waals surface area contributed by atoms with Gasteiger partial charge in [-0.25, -0.2) is 13.4 Å². The first kappa shape index (κ1) is 19.5. The molecule has 142 valence electrons. The zero-order valence-electron chi connectivity index (χ0n) is 14.9. The SMILES string of the molecule is CC[C@H]1CCCCN1[C@@H](C)c1ccc(S(=O)(=O)Nc2ncns2)cc1Cl. The van der Waals surface area contributed by atoms with Crippen LogP contribution in [0.5, 0.6) is 0 Å². The molecular formula is C17H23ClN4O2S2. The van der Waals surface area contributed by atoms with Crippen LogP contribution in [-0.2, 0) is 10.0 Å². The molecule has 9 heteroatoms. The first-order valence-electron chi connectivity index (χ1n) is 8.77. The Balaban J connectivity index is 1.83. The molecule has 3 rings (SSSR count). The van der Waals surface area contributed by atoms with E-state index in [4.69, 9.17) is 11.6 Å². The van der Waals surface area contributed by atoms with Gasteiger partial charge >= 0.3 is 0 Å². The van der Waals surface area contributed by atoms with Crippen LogP contribution in [0, 0.1) is 0 Å². The smallest absolute Gasteiger partial charge is 0.263 e. The quantitative estimate of drug-likeness (QED) is 0.761. The summed E-state index contributed by atoms with van der Waals surface area (Å²) in [5, 5.41) is 0.704. The van der Waals surface area contributed by atoms with E-state index in [9.17, 15) is 8.42 Å². The van der Waals surface area contributed by atoms with E-state index < -0.39 is 10.0 Å². The number of sulfonamides is 1. The van der Waals surface area contributed by atoms with Crippen molar-refractivity contribution in [1.82, 2.24) is 14.3 Å². The number of aromatic nitrogens is 2. The largest absolute Gasteiger partial charge is 0.294 e. The minimum Gasteiger partial charge on any atom is -0.294 e. The predicted octanol–water partition coefficient (Wildman–Crippen LogP) is 4.32. The highest BCUT2D eigenvalue weighted by Crippen LogP contribution is 2.34. The van der Waals surface area contributed by atoms with Crippen molar-refractivity contribution in [3.05, 3.63) is 35.1 Å². The van der Waals surface area contributed by atoms with Crippen molar-refractivity contribution in [2.24, 2.45) is 0 Å². The monoisotopic (exact) mass is 414 g/mol. The molecule has 6 nitrogen and oxygen atoms in total. The van der Waals surface area contributed by atoms with Gasteiger partial charge in [0.15, 0.2) is 0 Å². The molecule has 1 aromatic carbocycles. The topological polar surface area (TPSA) is 75.2 Å². The van der Waals surface area contributed by atoms with Gasteiger partial charge in [0.05, 0.1) is 4.90 Å². The molecule has 0 amide bonds. The van der Waals surface area contributed by atoms with Gasteiger partial charge in [0.25, 0.3) is 10.0 Å². The van der Waals surface area contributed by atoms with Crippen molar-refractivity contribution >= 4 is 38.3 Å². The van der Waals surface area contributed by atoms with Gasteiger partial charge < -0.3 is 0 Å². The molecule has 2 heterocycles. The number of anilines is 1. The highest BCUT2D eigenvalue weighted by molar-refractivity contribution is 7.93. The highest BCUT2D eigenvalue weighted by atomic mass is 35.5. The van der Waals surface area contributed by atoms with Crippen molar-refractivity contribution in [2.75, 3.05) is 11.3 Å². The average Bonchev–Trinajstić information content (AvgIpc) is 3.13. The Morgan fingerprint density at radius 2 is 2.23 bits per heavy atom. The fourth-order valence-corrected chi connectivity index (χ4v) is 5.65. The van der Waals surface area contributed by atoms with Crippen molar-refractivity contribution in [1.29, 1.82) is 0 Å². The van der Waals surface area contributed by atoms with Crippen LogP contribution in [0.15, 0.2) is 29.4 Å². The van der Waals surface area contributed by atoms with Crippen LogP contribution in [0.3, 0.4) is 0 Å². The fourth-order valence-electron chi connectivity index (χ4n) is 3.56. The predicted molar refractivity (Wildman–Crippen MR) is 105 cm³/mol. The van der Waals surface area contributed by atoms with E-state index in [2.05, 4.69) is 32.8 Å². The van der Waals surface area contributed by atoms with Gasteiger partial charge in [0.1, 0.15) is 6.33 Å². The molecule has 0 saturated carbocycles. The second-order valence-electron chi connectivity index (χ2n) is 6.51. The van der Waals surface area contributed by atoms with Crippen molar-refractivity contribution in [3.63, 3.8) is 0 Å². The number of rotatable bonds is 6. The number of benzene rings is 1. The summed E-state index contributed by atoms with van der Waals surface area (Å²) in [6, 6.07) is 5.65. The lowest BCUT2D eigenvalue weighted by Gasteiger charge is -2.40. The maximum absolute atomic E-state index is 12.5. The fraction of sp³-hybridized carbons (Fsp3) is 0.529. The van der Waals surface area contributed by atoms with Gasteiger partial charge in [0, 0.05) is 28.6 Å². The number of hydrogen-bond acceptors (Lipinski definition) is 6. The van der Waals surface area contributed by atoms with Gasteiger partial charge in [0.2, 0.25) is 5.13 Å². The lowest BCUT2D eigenvalue weighted by Crippen LogP contribution is -2.40. The summed E-state index contributed by atoms with van der Waals surface area (Å²) in [6.07, 6.45) is 6.08. The summed E-state index contributed by atoms with van der Waals surface area (Å²) in [6.45, 7) is 5.41. The second kappa shape index (κ2) is 8.21. The molecule has 1 saturated heterocycles. The van der Waals surface area contributed by atoms with E-state index in [-0.39, 0.29) is 16.1 Å². The lowest BCUT2D eigenvalue weighted by molar-refractivity contribution is 0.100. The van der Waals surface area contributed by atoms with E-state index in [1.807, 2.05) is 6.07 Å². The Labute approximate surface area is 163 Å². The lowest BCUT2D eigenvalue weighted by atomic mass is 9.95. The minimum absolute atomic E-state index is 0.124. The van der Waals surface area contributed by atoms with Crippen LogP contribution in [0.25, 0.3) is 0 Å². The van der Waals surface area contributed by atoms with Crippen LogP contribution in [0.1, 0.15) is 51.1 Å². The minimum atomic E-state index is -3.73. The summed E-state index contributed by atoms with van der Waals surface area (Å²) in [5.74, 6) is 0. The molecule has 2 aromatic rings. The van der Waals surface area contributed by atoms with Gasteiger partial charge in [-0.15, -0.1) is 0 Å². The summed E-state index contributed by atoms with van der Waals surface area (Å²) in [4.78, 5) is 6.46. The number of piperidine rings is 1. The van der Waals surface area contributed by atoms with E-state index >= 15 is 0 Å². The summed E-state index contributed by atoms with van der Waals surface area (Å²) in [5.41, 5.74) is 0.960. The molecule has 1 fully saturated rings. The third-order valence-corrected chi connectivity index (χ3v) is 7.33. The number of nitrogens with zero attached hydrogens (tertiary/aromatic N) is 3. The van der Waals surface area contributed by atoms with E-state index in [1.54, 1.807) is 6.07 Å². The Morgan fingerprint density at radius 1 is 1.42 bits per heavy atom. The van der Waals surface area contributed by atoms with Crippen molar-refractivity contribution < 1.29 is 8.42 Å². The van der Waals surface area contributed by atoms with Gasteiger partial charge in [-0.3, -0.25) is 9.62 Å². The Bertz CT molecular complexity index is 842. The van der Waals surface area contributed by atoms with Gasteiger partial charge in [-0.2, -0.15) is 4.37 Å². The molecule has 1 aliphatic rings. The van der Waals surface area contributed by atoms with E-state index in [1.165, 1.54) is 31.7 Å². The molecule has 1 aliphatic heterocycles. The Kier molecular flexibility index (Phi) is 6.17. The molecule has 1 N–H and O–H groups in total. The van der Waals surface area contributed by atoms with Crippen molar-refractivity contribution in [2.45, 2.75) is 56.5 Å². The highest BCUT2D eigenvalue weighted by Gasteiger charge is 2.28. The third-order valence-electron chi connectivity index (χ3n) is 4.96. The van der Waals surface area contributed by atoms with Crippen LogP contribution >= 0.6 is 23.1 Å². The van der Waals surface area contributed by atoms with Gasteiger partial charge in [-0.05, 0) is 50.4 Å². The zero-order chi connectivity index (χ0) is 18.7. The van der Waals surface area contributed by atoms with E-state index in [0.29, 0.717) is 11.1 Å². The first-order valence-corrected chi connectivity index (χ1v) is 11.4. The number of nitrogens with one attached hydrogen (secondary N) is 1. The maximum Gasteiger partial charge on any atom is 0.263 e. The molecule has 0 aliphatic carbocycles. The Hall–Kier alpha value is -1.22. The van der Waals surface area contributed by atoms with Crippen LogP contribution in [0.4, 0.5) is 5.13 Å². The normalized spacial score (nSPS) is 20.0. The maximum atomic E-state index is 12.5. The van der Waals surface area contributed by atoms with Crippen LogP contribution in [-0.4, -0.2) is 35.3 Å². The van der Waals surface area contributed by atoms with Crippen LogP contribution < -0.4 is 4.72 Å². The number of likely N-dealkylation sites (tertiary alicyclic amines) is 1. The molecule has 1 aromatic heterocycles. The molecule has 26 heavy (non-hydrogen) atoms. The third kappa shape index (κ3) is 4.19. The standard InChI is InChI=1S/C17H23ClN4O2S2/c1-3-13-6-4-5-9-22(13)12(2)15-8-7-14(10-16(15)18)26(23,24)21-17-19-11-20-25-17/h7-8,10-13H,3-6,9H2,1-2H3,(H,19,20,21)/t12-,13-/m0/s1. The second-order valence-corrected chi connectivity index (χ2v) is 9.38. The summed E-state index contributed by atoms with van der Waals surface area (Å²) < 4.78 is 31.2. The summed E-state index contributed by atoms with van der Waals surface area (Å²) >= 11 is 7.47. The molecule has 2 atom stereocenters. The van der Waals surface area contributed by atoms with Crippen LogP contribution in [0.2, 0.25) is 5.02 Å². The molecule has 0 unspecified atom stereocenters. The van der Waals surface area contributed by atoms with E-state index in [0.717, 1.165) is 30.1 Å². The average molecular weight is 415 g/mol. The Morgan fingerprint density at radius 3 is 2.88 bits per heavy atom. The first-order chi connectivity index (χ1) is 12.4.